The first-order valence-electron chi connectivity index (χ1n) is 3.13. The molecule has 0 amide bonds. The van der Waals surface area contributed by atoms with Crippen molar-refractivity contribution in [2.24, 2.45) is 44.4 Å². The first-order valence-corrected chi connectivity index (χ1v) is 3.13. The molecule has 0 fully saturated rings. The average molecular weight is 269 g/mol. The Balaban J connectivity index is -0.0000000800. The Bertz CT molecular complexity index is 236. The van der Waals surface area contributed by atoms with Gasteiger partial charge in [-0.1, -0.05) is 0 Å². The Labute approximate surface area is 104 Å². The van der Waals surface area contributed by atoms with Crippen molar-refractivity contribution in [1.82, 2.24) is 0 Å². The van der Waals surface area contributed by atoms with Crippen LogP contribution in [0.25, 0.3) is 0 Å². The van der Waals surface area contributed by atoms with E-state index in [1.54, 1.807) is 0 Å². The van der Waals surface area contributed by atoms with Crippen molar-refractivity contribution < 1.29 is 24.0 Å². The Kier molecular flexibility index (Phi) is 19.3. The third-order valence-electron chi connectivity index (χ3n) is 0.499. The van der Waals surface area contributed by atoms with Gasteiger partial charge in [0.1, 0.15) is 0 Å². The van der Waals surface area contributed by atoms with Crippen molar-refractivity contribution in [3.05, 3.63) is 0 Å². The summed E-state index contributed by atoms with van der Waals surface area (Å²) in [6, 6.07) is 0. The first-order chi connectivity index (χ1) is 6.25. The second-order valence-electron chi connectivity index (χ2n) is 1.84. The molecular weight excluding hydrogens is 255 g/mol. The minimum absolute atomic E-state index is 0. The summed E-state index contributed by atoms with van der Waals surface area (Å²) in [5.74, 6) is -1.12. The number of nitrogens with zero attached hydrogens (tertiary/aromatic N) is 2. The molecule has 16 heavy (non-hydrogen) atoms. The molecule has 0 aliphatic carbocycles. The summed E-state index contributed by atoms with van der Waals surface area (Å²) in [7, 11) is 0. The van der Waals surface area contributed by atoms with Crippen LogP contribution in [0.1, 0.15) is 0 Å². The minimum Gasteiger partial charge on any atom is -2.00 e. The standard InChI is InChI=1S/2C2H7N5.O.V/c2*3-1(4)7-2(5)6;;/h2*(H7,3,4,5,6,7);;/q;;-2;+4. The minimum atomic E-state index is -0.375. The van der Waals surface area contributed by atoms with E-state index in [2.05, 4.69) is 9.98 Å². The van der Waals surface area contributed by atoms with Crippen LogP contribution in [0.5, 0.6) is 0 Å². The van der Waals surface area contributed by atoms with Crippen molar-refractivity contribution in [2.75, 3.05) is 0 Å². The second-order valence-corrected chi connectivity index (χ2v) is 1.84. The van der Waals surface area contributed by atoms with Crippen LogP contribution in [0.2, 0.25) is 0 Å². The van der Waals surface area contributed by atoms with Crippen molar-refractivity contribution in [1.29, 1.82) is 10.8 Å². The van der Waals surface area contributed by atoms with Crippen LogP contribution in [-0.4, -0.2) is 23.8 Å². The van der Waals surface area contributed by atoms with E-state index in [1.165, 1.54) is 0 Å². The molecule has 0 rings (SSSR count). The van der Waals surface area contributed by atoms with Gasteiger partial charge in [-0.2, -0.15) is 9.98 Å². The second kappa shape index (κ2) is 13.0. The summed E-state index contributed by atoms with van der Waals surface area (Å²) < 4.78 is 0. The van der Waals surface area contributed by atoms with Crippen molar-refractivity contribution in [3.8, 4) is 0 Å². The number of nitrogens with one attached hydrogen (secondary N) is 2. The van der Waals surface area contributed by atoms with E-state index >= 15 is 0 Å². The van der Waals surface area contributed by atoms with E-state index in [0.717, 1.165) is 0 Å². The molecule has 14 N–H and O–H groups in total. The maximum Gasteiger partial charge on any atom is 4.00 e. The van der Waals surface area contributed by atoms with Gasteiger partial charge < -0.3 is 39.9 Å². The van der Waals surface area contributed by atoms with Gasteiger partial charge in [-0.05, 0) is 0 Å². The molecule has 0 aromatic rings. The van der Waals surface area contributed by atoms with Crippen LogP contribution in [0.3, 0.4) is 0 Å². The molecule has 11 nitrogen and oxygen atoms in total. The number of aliphatic imine (C=N–C) groups is 2. The van der Waals surface area contributed by atoms with Crippen LogP contribution in [0.15, 0.2) is 9.98 Å². The van der Waals surface area contributed by atoms with E-state index < -0.39 is 0 Å². The third kappa shape index (κ3) is 40.3. The van der Waals surface area contributed by atoms with Gasteiger partial charge in [-0.3, -0.25) is 10.8 Å². The topological polar surface area (TPSA) is 257 Å². The van der Waals surface area contributed by atoms with Crippen molar-refractivity contribution >= 4 is 23.8 Å². The number of nitrogens with two attached hydrogens (primary N) is 6. The fourth-order valence-electron chi connectivity index (χ4n) is 0.278. The largest absolute Gasteiger partial charge is 4.00 e. The van der Waals surface area contributed by atoms with Crippen LogP contribution < -0.4 is 34.4 Å². The molecule has 1 radical (unpaired) electrons. The van der Waals surface area contributed by atoms with Gasteiger partial charge in [-0.15, -0.1) is 0 Å². The first kappa shape index (κ1) is 23.7. The zero-order valence-corrected chi connectivity index (χ0v) is 9.61. The summed E-state index contributed by atoms with van der Waals surface area (Å²) in [4.78, 5) is 6.22. The molecule has 0 heterocycles. The van der Waals surface area contributed by atoms with E-state index in [4.69, 9.17) is 45.2 Å². The molecule has 0 aliphatic heterocycles. The van der Waals surface area contributed by atoms with E-state index in [9.17, 15) is 0 Å². The number of guanidine groups is 4. The molecule has 0 spiro atoms. The van der Waals surface area contributed by atoms with Gasteiger partial charge in [0.2, 0.25) is 11.9 Å². The third-order valence-corrected chi connectivity index (χ3v) is 0.499. The van der Waals surface area contributed by atoms with Crippen molar-refractivity contribution in [3.63, 3.8) is 0 Å². The van der Waals surface area contributed by atoms with E-state index in [-0.39, 0.29) is 47.9 Å². The predicted molar refractivity (Wildman–Crippen MR) is 56.1 cm³/mol. The Morgan fingerprint density at radius 2 is 0.875 bits per heavy atom. The Morgan fingerprint density at radius 1 is 0.688 bits per heavy atom. The number of hydrogen-bond donors (Lipinski definition) is 8. The summed E-state index contributed by atoms with van der Waals surface area (Å²) in [6.45, 7) is 0. The van der Waals surface area contributed by atoms with E-state index in [1.807, 2.05) is 0 Å². The molecule has 0 saturated heterocycles. The molecule has 0 aromatic heterocycles. The number of rotatable bonds is 0. The van der Waals surface area contributed by atoms with Gasteiger partial charge in [0.15, 0.2) is 11.9 Å². The van der Waals surface area contributed by atoms with Gasteiger partial charge in [0, 0.05) is 0 Å². The zero-order valence-electron chi connectivity index (χ0n) is 8.21. The SMILES string of the molecule is N=C(N)N=C(N)N.N=C(N)N=C(N)N.[O-2].[V+4]. The Morgan fingerprint density at radius 3 is 0.875 bits per heavy atom. The predicted octanol–water partition coefficient (Wildman–Crippen LogP) is -3.81. The van der Waals surface area contributed by atoms with Gasteiger partial charge in [0.05, 0.1) is 0 Å². The van der Waals surface area contributed by atoms with Crippen molar-refractivity contribution in [2.45, 2.75) is 0 Å². The Hall–Kier alpha value is -1.98. The molecule has 0 bridgehead atoms. The zero-order chi connectivity index (χ0) is 11.7. The maximum atomic E-state index is 6.46. The molecule has 0 unspecified atom stereocenters. The molecule has 0 aliphatic rings. The fourth-order valence-corrected chi connectivity index (χ4v) is 0.278. The number of hydrogen-bond acceptors (Lipinski definition) is 2. The smallest absolute Gasteiger partial charge is 2.00 e. The summed E-state index contributed by atoms with van der Waals surface area (Å²) in [6.07, 6.45) is 0. The molecule has 0 saturated carbocycles. The van der Waals surface area contributed by atoms with Crippen LogP contribution in [0, 0.1) is 10.8 Å². The maximum absolute atomic E-state index is 6.46. The quantitative estimate of drug-likeness (QED) is 0.161. The normalized spacial score (nSPS) is 6.50. The van der Waals surface area contributed by atoms with Crippen LogP contribution in [-0.2, 0) is 24.0 Å². The summed E-state index contributed by atoms with van der Waals surface area (Å²) >= 11 is 0. The van der Waals surface area contributed by atoms with Gasteiger partial charge >= 0.3 is 18.6 Å². The average Bonchev–Trinajstić information content (AvgIpc) is 1.79. The molecule has 0 aromatic carbocycles. The summed E-state index contributed by atoms with van der Waals surface area (Å²) in [5.41, 5.74) is 28.7. The van der Waals surface area contributed by atoms with Gasteiger partial charge in [-0.25, -0.2) is 0 Å². The van der Waals surface area contributed by atoms with E-state index in [0.29, 0.717) is 0 Å². The molecule has 89 valence electrons. The molecule has 12 heteroatoms. The monoisotopic (exact) mass is 269 g/mol. The van der Waals surface area contributed by atoms with Crippen LogP contribution >= 0.6 is 0 Å². The fraction of sp³-hybridized carbons (Fsp3) is 0. The molecule has 0 atom stereocenters. The van der Waals surface area contributed by atoms with Gasteiger partial charge in [0.25, 0.3) is 0 Å². The summed E-state index contributed by atoms with van der Waals surface area (Å²) in [5, 5.41) is 12.9. The molecular formula is C4H14N10OV+2. The van der Waals surface area contributed by atoms with Crippen LogP contribution in [0.4, 0.5) is 0 Å².